The summed E-state index contributed by atoms with van der Waals surface area (Å²) in [5, 5.41) is 4.96. The van der Waals surface area contributed by atoms with Gasteiger partial charge in [-0.05, 0) is 37.1 Å². The summed E-state index contributed by atoms with van der Waals surface area (Å²) in [5.74, 6) is 0. The second kappa shape index (κ2) is 5.20. The Bertz CT molecular complexity index is 644. The van der Waals surface area contributed by atoms with Gasteiger partial charge < -0.3 is 0 Å². The van der Waals surface area contributed by atoms with Crippen molar-refractivity contribution in [2.24, 2.45) is 5.14 Å². The molecule has 0 aromatic heterocycles. The van der Waals surface area contributed by atoms with Gasteiger partial charge in [0.1, 0.15) is 0 Å². The average Bonchev–Trinajstić information content (AvgIpc) is 2.80. The van der Waals surface area contributed by atoms with Crippen molar-refractivity contribution in [3.8, 4) is 0 Å². The van der Waals surface area contributed by atoms with E-state index in [0.29, 0.717) is 0 Å². The maximum Gasteiger partial charge on any atom is 0.240 e. The molecule has 19 heavy (non-hydrogen) atoms. The molecule has 0 unspecified atom stereocenters. The Morgan fingerprint density at radius 1 is 0.947 bits per heavy atom. The van der Waals surface area contributed by atoms with E-state index in [2.05, 4.69) is 4.72 Å². The minimum Gasteiger partial charge on any atom is -0.225 e. The number of benzene rings is 1. The highest BCUT2D eigenvalue weighted by atomic mass is 32.2. The molecule has 1 aliphatic carbocycles. The van der Waals surface area contributed by atoms with Gasteiger partial charge >= 0.3 is 0 Å². The minimum atomic E-state index is -3.80. The monoisotopic (exact) mass is 304 g/mol. The van der Waals surface area contributed by atoms with Gasteiger partial charge in [0.15, 0.2) is 0 Å². The summed E-state index contributed by atoms with van der Waals surface area (Å²) in [7, 11) is -7.39. The van der Waals surface area contributed by atoms with Crippen molar-refractivity contribution in [2.45, 2.75) is 41.5 Å². The van der Waals surface area contributed by atoms with E-state index < -0.39 is 20.0 Å². The fourth-order valence-electron chi connectivity index (χ4n) is 2.14. The topological polar surface area (TPSA) is 106 Å². The van der Waals surface area contributed by atoms with Crippen LogP contribution in [0.25, 0.3) is 0 Å². The molecule has 0 amide bonds. The van der Waals surface area contributed by atoms with E-state index in [-0.39, 0.29) is 15.8 Å². The number of nitrogens with one attached hydrogen (secondary N) is 1. The molecule has 8 heteroatoms. The van der Waals surface area contributed by atoms with Crippen LogP contribution in [0.15, 0.2) is 34.1 Å². The fraction of sp³-hybridized carbons (Fsp3) is 0.455. The summed E-state index contributed by atoms with van der Waals surface area (Å²) in [6.07, 6.45) is 3.73. The third-order valence-corrected chi connectivity index (χ3v) is 5.61. The summed E-state index contributed by atoms with van der Waals surface area (Å²) in [4.78, 5) is -0.0564. The maximum atomic E-state index is 12.1. The Kier molecular flexibility index (Phi) is 3.95. The molecule has 1 saturated carbocycles. The lowest BCUT2D eigenvalue weighted by atomic mass is 10.3. The van der Waals surface area contributed by atoms with Gasteiger partial charge in [0.2, 0.25) is 20.0 Å². The molecular formula is C11H16N2O4S2. The molecule has 0 aliphatic heterocycles. The van der Waals surface area contributed by atoms with Gasteiger partial charge in [-0.25, -0.2) is 26.7 Å². The van der Waals surface area contributed by atoms with Gasteiger partial charge in [-0.3, -0.25) is 0 Å². The highest BCUT2D eigenvalue weighted by Gasteiger charge is 2.23. The summed E-state index contributed by atoms with van der Waals surface area (Å²) >= 11 is 0. The molecule has 0 atom stereocenters. The van der Waals surface area contributed by atoms with Crippen molar-refractivity contribution < 1.29 is 16.8 Å². The molecule has 0 radical (unpaired) electrons. The van der Waals surface area contributed by atoms with Crippen LogP contribution in [-0.4, -0.2) is 22.9 Å². The summed E-state index contributed by atoms with van der Waals surface area (Å²) < 4.78 is 48.9. The minimum absolute atomic E-state index is 0.0251. The van der Waals surface area contributed by atoms with Gasteiger partial charge in [-0.15, -0.1) is 0 Å². The van der Waals surface area contributed by atoms with E-state index >= 15 is 0 Å². The lowest BCUT2D eigenvalue weighted by Gasteiger charge is -2.12. The first-order chi connectivity index (χ1) is 8.79. The number of hydrogen-bond donors (Lipinski definition) is 2. The lowest BCUT2D eigenvalue weighted by Crippen LogP contribution is -2.32. The molecule has 1 aromatic rings. The molecule has 2 rings (SSSR count). The van der Waals surface area contributed by atoms with E-state index in [9.17, 15) is 16.8 Å². The van der Waals surface area contributed by atoms with Crippen molar-refractivity contribution in [2.75, 3.05) is 0 Å². The summed E-state index contributed by atoms with van der Waals surface area (Å²) in [5.41, 5.74) is 0. The predicted molar refractivity (Wildman–Crippen MR) is 70.4 cm³/mol. The normalized spacial score (nSPS) is 17.7. The molecular weight excluding hydrogens is 288 g/mol. The second-order valence-corrected chi connectivity index (χ2v) is 7.89. The molecule has 1 aromatic carbocycles. The average molecular weight is 304 g/mol. The second-order valence-electron chi connectivity index (χ2n) is 4.62. The molecule has 0 bridgehead atoms. The smallest absolute Gasteiger partial charge is 0.225 e. The molecule has 106 valence electrons. The van der Waals surface area contributed by atoms with E-state index in [4.69, 9.17) is 5.14 Å². The maximum absolute atomic E-state index is 12.1. The first-order valence-corrected chi connectivity index (χ1v) is 8.97. The Morgan fingerprint density at radius 2 is 1.42 bits per heavy atom. The number of hydrogen-bond acceptors (Lipinski definition) is 4. The third kappa shape index (κ3) is 3.53. The molecule has 3 N–H and O–H groups in total. The zero-order chi connectivity index (χ0) is 14.1. The fourth-order valence-corrected chi connectivity index (χ4v) is 3.96. The van der Waals surface area contributed by atoms with Gasteiger partial charge in [-0.2, -0.15) is 0 Å². The molecule has 1 aliphatic rings. The molecule has 0 spiro atoms. The number of primary sulfonamides is 1. The SMILES string of the molecule is NS(=O)(=O)c1ccc(S(=O)(=O)NC2CCCC2)cc1. The van der Waals surface area contributed by atoms with Crippen LogP contribution in [0.1, 0.15) is 25.7 Å². The van der Waals surface area contributed by atoms with Gasteiger partial charge in [0, 0.05) is 6.04 Å². The quantitative estimate of drug-likeness (QED) is 0.847. The summed E-state index contributed by atoms with van der Waals surface area (Å²) in [6, 6.07) is 4.86. The largest absolute Gasteiger partial charge is 0.240 e. The van der Waals surface area contributed by atoms with Crippen LogP contribution in [0.3, 0.4) is 0 Å². The predicted octanol–water partition coefficient (Wildman–Crippen LogP) is 0.555. The number of nitrogens with two attached hydrogens (primary N) is 1. The van der Waals surface area contributed by atoms with E-state index in [1.807, 2.05) is 0 Å². The molecule has 0 heterocycles. The Balaban J connectivity index is 2.21. The van der Waals surface area contributed by atoms with Crippen LogP contribution >= 0.6 is 0 Å². The van der Waals surface area contributed by atoms with Gasteiger partial charge in [0.25, 0.3) is 0 Å². The van der Waals surface area contributed by atoms with Crippen LogP contribution in [-0.2, 0) is 20.0 Å². The van der Waals surface area contributed by atoms with Crippen molar-refractivity contribution in [1.29, 1.82) is 0 Å². The van der Waals surface area contributed by atoms with E-state index in [1.165, 1.54) is 24.3 Å². The number of rotatable bonds is 4. The zero-order valence-electron chi connectivity index (χ0n) is 10.2. The Morgan fingerprint density at radius 3 is 1.89 bits per heavy atom. The van der Waals surface area contributed by atoms with Gasteiger partial charge in [-0.1, -0.05) is 12.8 Å². The standard InChI is InChI=1S/C11H16N2O4S2/c12-18(14,15)10-5-7-11(8-6-10)19(16,17)13-9-3-1-2-4-9/h5-9,13H,1-4H2,(H2,12,14,15). The van der Waals surface area contributed by atoms with Crippen LogP contribution in [0.4, 0.5) is 0 Å². The van der Waals surface area contributed by atoms with Crippen LogP contribution in [0.5, 0.6) is 0 Å². The highest BCUT2D eigenvalue weighted by Crippen LogP contribution is 2.21. The highest BCUT2D eigenvalue weighted by molar-refractivity contribution is 7.89. The molecule has 1 fully saturated rings. The van der Waals surface area contributed by atoms with Crippen LogP contribution in [0.2, 0.25) is 0 Å². The van der Waals surface area contributed by atoms with Gasteiger partial charge in [0.05, 0.1) is 9.79 Å². The first-order valence-electron chi connectivity index (χ1n) is 5.94. The summed E-state index contributed by atoms with van der Waals surface area (Å²) in [6.45, 7) is 0. The zero-order valence-corrected chi connectivity index (χ0v) is 11.9. The van der Waals surface area contributed by atoms with E-state index in [0.717, 1.165) is 25.7 Å². The van der Waals surface area contributed by atoms with Crippen molar-refractivity contribution >= 4 is 20.0 Å². The molecule has 0 saturated heterocycles. The Labute approximate surface area is 113 Å². The first kappa shape index (κ1) is 14.4. The van der Waals surface area contributed by atoms with Crippen molar-refractivity contribution in [1.82, 2.24) is 4.72 Å². The Hall–Kier alpha value is -0.960. The van der Waals surface area contributed by atoms with Crippen molar-refractivity contribution in [3.63, 3.8) is 0 Å². The van der Waals surface area contributed by atoms with Crippen LogP contribution in [0, 0.1) is 0 Å². The lowest BCUT2D eigenvalue weighted by molar-refractivity contribution is 0.552. The molecule has 6 nitrogen and oxygen atoms in total. The van der Waals surface area contributed by atoms with E-state index in [1.54, 1.807) is 0 Å². The third-order valence-electron chi connectivity index (χ3n) is 3.14. The van der Waals surface area contributed by atoms with Crippen molar-refractivity contribution in [3.05, 3.63) is 24.3 Å². The number of sulfonamides is 2. The van der Waals surface area contributed by atoms with Crippen LogP contribution < -0.4 is 9.86 Å².